The molecule has 0 aliphatic heterocycles. The van der Waals surface area contributed by atoms with Crippen molar-refractivity contribution in [1.82, 2.24) is 5.16 Å². The Morgan fingerprint density at radius 2 is 1.37 bits per heavy atom. The predicted octanol–water partition coefficient (Wildman–Crippen LogP) is 7.58. The molecular formula is C34H28N2O5. The van der Waals surface area contributed by atoms with Crippen LogP contribution in [-0.4, -0.2) is 28.9 Å². The van der Waals surface area contributed by atoms with Gasteiger partial charge in [-0.2, -0.15) is 0 Å². The van der Waals surface area contributed by atoms with Crippen LogP contribution in [0, 0.1) is 0 Å². The van der Waals surface area contributed by atoms with E-state index >= 15 is 0 Å². The van der Waals surface area contributed by atoms with Crippen molar-refractivity contribution < 1.29 is 24.0 Å². The van der Waals surface area contributed by atoms with Crippen LogP contribution >= 0.6 is 0 Å². The van der Waals surface area contributed by atoms with Gasteiger partial charge in [0.05, 0.1) is 12.0 Å². The highest BCUT2D eigenvalue weighted by atomic mass is 16.5. The van der Waals surface area contributed by atoms with Gasteiger partial charge in [0.25, 0.3) is 0 Å². The number of aromatic nitrogens is 1. The summed E-state index contributed by atoms with van der Waals surface area (Å²) in [6.07, 6.45) is 1.37. The molecule has 1 aliphatic carbocycles. The molecule has 1 heterocycles. The molecule has 4 aromatic carbocycles. The summed E-state index contributed by atoms with van der Waals surface area (Å²) < 4.78 is 11.2. The maximum atomic E-state index is 12.8. The van der Waals surface area contributed by atoms with E-state index in [1.807, 2.05) is 109 Å². The maximum absolute atomic E-state index is 12.8. The monoisotopic (exact) mass is 544 g/mol. The molecular weight excluding hydrogens is 516 g/mol. The fraction of sp³-hybridized carbons (Fsp3) is 0.147. The number of rotatable bonds is 9. The lowest BCUT2D eigenvalue weighted by molar-refractivity contribution is -0.140. The molecule has 7 heteroatoms. The first kappa shape index (κ1) is 26.1. The number of hydrogen-bond donors (Lipinski definition) is 2. The highest BCUT2D eigenvalue weighted by Crippen LogP contribution is 2.48. The Labute approximate surface area is 237 Å². The van der Waals surface area contributed by atoms with Crippen molar-refractivity contribution >= 4 is 17.7 Å². The van der Waals surface area contributed by atoms with Crippen LogP contribution in [0.5, 0.6) is 0 Å². The summed E-state index contributed by atoms with van der Waals surface area (Å²) in [6, 6.07) is 34.8. The highest BCUT2D eigenvalue weighted by molar-refractivity contribution is 5.96. The molecule has 1 aliphatic rings. The van der Waals surface area contributed by atoms with Gasteiger partial charge in [-0.15, -0.1) is 0 Å². The van der Waals surface area contributed by atoms with E-state index in [4.69, 9.17) is 9.26 Å². The number of nitrogens with zero attached hydrogens (tertiary/aromatic N) is 1. The zero-order valence-electron chi connectivity index (χ0n) is 22.2. The molecule has 204 valence electrons. The largest absolute Gasteiger partial charge is 0.481 e. The second-order valence-electron chi connectivity index (χ2n) is 10.1. The van der Waals surface area contributed by atoms with Gasteiger partial charge in [-0.25, -0.2) is 4.79 Å². The third-order valence-electron chi connectivity index (χ3n) is 7.51. The van der Waals surface area contributed by atoms with E-state index in [0.717, 1.165) is 33.4 Å². The molecule has 0 unspecified atom stereocenters. The maximum Gasteiger partial charge on any atom is 0.411 e. The summed E-state index contributed by atoms with van der Waals surface area (Å²) in [5.41, 5.74) is 5.62. The first-order valence-corrected chi connectivity index (χ1v) is 13.5. The molecule has 1 saturated carbocycles. The van der Waals surface area contributed by atoms with Crippen LogP contribution in [0.4, 0.5) is 10.5 Å². The van der Waals surface area contributed by atoms with Crippen LogP contribution in [0.3, 0.4) is 0 Å². The summed E-state index contributed by atoms with van der Waals surface area (Å²) in [6.45, 7) is 0.234. The Bertz CT molecular complexity index is 1660. The van der Waals surface area contributed by atoms with E-state index in [-0.39, 0.29) is 6.61 Å². The molecule has 0 atom stereocenters. The summed E-state index contributed by atoms with van der Waals surface area (Å²) in [5.74, 6) is -0.344. The number of carboxylic acids is 1. The minimum atomic E-state index is -0.763. The zero-order chi connectivity index (χ0) is 28.2. The Hall–Kier alpha value is -5.17. The van der Waals surface area contributed by atoms with Crippen molar-refractivity contribution in [1.29, 1.82) is 0 Å². The Morgan fingerprint density at radius 1 is 0.780 bits per heavy atom. The van der Waals surface area contributed by atoms with Gasteiger partial charge >= 0.3 is 12.1 Å². The van der Waals surface area contributed by atoms with Crippen LogP contribution in [-0.2, 0) is 21.4 Å². The lowest BCUT2D eigenvalue weighted by atomic mass is 9.93. The van der Waals surface area contributed by atoms with E-state index in [2.05, 4.69) is 10.5 Å². The number of benzene rings is 4. The number of amides is 1. The molecule has 0 spiro atoms. The lowest BCUT2D eigenvalue weighted by Crippen LogP contribution is -2.19. The van der Waals surface area contributed by atoms with E-state index in [9.17, 15) is 14.7 Å². The van der Waals surface area contributed by atoms with E-state index in [1.54, 1.807) is 0 Å². The SMILES string of the molecule is O=C(Nc1c(-c2ccccc2)noc1-c1ccc(-c2ccc(C3(C(=O)O)CC3)cc2)cc1)OCCc1ccccc1. The van der Waals surface area contributed by atoms with Gasteiger partial charge in [0.2, 0.25) is 0 Å². The van der Waals surface area contributed by atoms with Gasteiger partial charge < -0.3 is 14.4 Å². The molecule has 1 aromatic heterocycles. The molecule has 41 heavy (non-hydrogen) atoms. The molecule has 6 rings (SSSR count). The third-order valence-corrected chi connectivity index (χ3v) is 7.51. The average Bonchev–Trinajstić information content (AvgIpc) is 3.74. The molecule has 0 radical (unpaired) electrons. The highest BCUT2D eigenvalue weighted by Gasteiger charge is 2.51. The minimum absolute atomic E-state index is 0.234. The Morgan fingerprint density at radius 3 is 1.98 bits per heavy atom. The Kier molecular flexibility index (Phi) is 7.08. The summed E-state index contributed by atoms with van der Waals surface area (Å²) >= 11 is 0. The van der Waals surface area contributed by atoms with Gasteiger partial charge in [0.15, 0.2) is 5.76 Å². The van der Waals surface area contributed by atoms with E-state index in [1.165, 1.54) is 0 Å². The number of ether oxygens (including phenoxy) is 1. The second-order valence-corrected chi connectivity index (χ2v) is 10.1. The summed E-state index contributed by atoms with van der Waals surface area (Å²) in [7, 11) is 0. The predicted molar refractivity (Wildman–Crippen MR) is 156 cm³/mol. The standard InChI is InChI=1S/C34H28N2O5/c37-32(38)34(20-21-34)28-17-15-25(16-18-28)24-11-13-27(14-12-24)31-30(29(36-41-31)26-9-5-2-6-10-26)35-33(39)40-22-19-23-7-3-1-4-8-23/h1-18H,19-22H2,(H,35,39)(H,37,38). The second kappa shape index (κ2) is 11.1. The summed E-state index contributed by atoms with van der Waals surface area (Å²) in [5, 5.41) is 16.7. The number of nitrogens with one attached hydrogen (secondary N) is 1. The van der Waals surface area contributed by atoms with Gasteiger partial charge in [0.1, 0.15) is 11.4 Å². The number of aliphatic carboxylic acids is 1. The van der Waals surface area contributed by atoms with Crippen molar-refractivity contribution in [3.05, 3.63) is 120 Å². The number of anilines is 1. The van der Waals surface area contributed by atoms with Crippen LogP contribution in [0.1, 0.15) is 24.0 Å². The third kappa shape index (κ3) is 5.47. The van der Waals surface area contributed by atoms with Gasteiger partial charge in [-0.1, -0.05) is 114 Å². The quantitative estimate of drug-likeness (QED) is 0.198. The van der Waals surface area contributed by atoms with Crippen LogP contribution in [0.2, 0.25) is 0 Å². The molecule has 7 nitrogen and oxygen atoms in total. The molecule has 5 aromatic rings. The topological polar surface area (TPSA) is 102 Å². The lowest BCUT2D eigenvalue weighted by Gasteiger charge is -2.11. The fourth-order valence-corrected chi connectivity index (χ4v) is 4.99. The number of hydrogen-bond acceptors (Lipinski definition) is 5. The van der Waals surface area contributed by atoms with Crippen molar-refractivity contribution in [3.8, 4) is 33.7 Å². The molecule has 1 amide bonds. The average molecular weight is 545 g/mol. The van der Waals surface area contributed by atoms with Crippen molar-refractivity contribution in [2.24, 2.45) is 0 Å². The van der Waals surface area contributed by atoms with Gasteiger partial charge in [-0.05, 0) is 35.1 Å². The minimum Gasteiger partial charge on any atom is -0.481 e. The van der Waals surface area contributed by atoms with Crippen LogP contribution < -0.4 is 5.32 Å². The Balaban J connectivity index is 1.22. The number of carboxylic acid groups (broad SMARTS) is 1. The van der Waals surface area contributed by atoms with Crippen molar-refractivity contribution in [2.45, 2.75) is 24.7 Å². The molecule has 2 N–H and O–H groups in total. The number of carbonyl (C=O) groups is 2. The number of carbonyl (C=O) groups excluding carboxylic acids is 1. The molecule has 0 saturated heterocycles. The van der Waals surface area contributed by atoms with Crippen molar-refractivity contribution in [3.63, 3.8) is 0 Å². The molecule has 0 bridgehead atoms. The summed E-state index contributed by atoms with van der Waals surface area (Å²) in [4.78, 5) is 24.5. The molecule has 1 fully saturated rings. The smallest absolute Gasteiger partial charge is 0.411 e. The fourth-order valence-electron chi connectivity index (χ4n) is 4.99. The van der Waals surface area contributed by atoms with Gasteiger partial charge in [-0.3, -0.25) is 10.1 Å². The zero-order valence-corrected chi connectivity index (χ0v) is 22.2. The van der Waals surface area contributed by atoms with Crippen LogP contribution in [0.15, 0.2) is 114 Å². The van der Waals surface area contributed by atoms with E-state index < -0.39 is 17.5 Å². The van der Waals surface area contributed by atoms with E-state index in [0.29, 0.717) is 36.4 Å². The normalized spacial score (nSPS) is 13.4. The van der Waals surface area contributed by atoms with Gasteiger partial charge in [0, 0.05) is 17.5 Å². The van der Waals surface area contributed by atoms with Crippen molar-refractivity contribution in [2.75, 3.05) is 11.9 Å². The van der Waals surface area contributed by atoms with Crippen LogP contribution in [0.25, 0.3) is 33.7 Å². The first-order chi connectivity index (χ1) is 20.0. The first-order valence-electron chi connectivity index (χ1n) is 13.5.